The number of aromatic nitrogens is 3. The van der Waals surface area contributed by atoms with Gasteiger partial charge in [0, 0.05) is 5.69 Å². The van der Waals surface area contributed by atoms with Crippen molar-refractivity contribution in [3.05, 3.63) is 40.4 Å². The number of rotatable bonds is 2. The average molecular weight is 319 g/mol. The fourth-order valence-corrected chi connectivity index (χ4v) is 3.69. The smallest absolute Gasteiger partial charge is 0.225 e. The predicted octanol–water partition coefficient (Wildman–Crippen LogP) is 4.70. The van der Waals surface area contributed by atoms with Crippen molar-refractivity contribution in [2.45, 2.75) is 0 Å². The van der Waals surface area contributed by atoms with Crippen LogP contribution in [0.15, 0.2) is 35.2 Å². The largest absolute Gasteiger partial charge is 0.339 e. The van der Waals surface area contributed by atoms with E-state index < -0.39 is 0 Å². The van der Waals surface area contributed by atoms with Crippen molar-refractivity contribution in [1.29, 1.82) is 0 Å². The van der Waals surface area contributed by atoms with Gasteiger partial charge in [-0.1, -0.05) is 0 Å². The Morgan fingerprint density at radius 1 is 1.10 bits per heavy atom. The first-order chi connectivity index (χ1) is 9.79. The molecule has 20 heavy (non-hydrogen) atoms. The highest BCUT2D eigenvalue weighted by Crippen LogP contribution is 2.30. The van der Waals surface area contributed by atoms with Gasteiger partial charge in [0.1, 0.15) is 10.6 Å². The minimum Gasteiger partial charge on any atom is -0.339 e. The number of fused-ring (bicyclic) bond motifs is 2. The van der Waals surface area contributed by atoms with Gasteiger partial charge in [-0.3, -0.25) is 0 Å². The van der Waals surface area contributed by atoms with E-state index in [4.69, 9.17) is 11.6 Å². The maximum atomic E-state index is 5.96. The topological polar surface area (TPSA) is 50.7 Å². The molecule has 0 spiro atoms. The quantitative estimate of drug-likeness (QED) is 0.544. The minimum atomic E-state index is 0.251. The van der Waals surface area contributed by atoms with Crippen LogP contribution >= 0.6 is 34.3 Å². The lowest BCUT2D eigenvalue weighted by Gasteiger charge is -2.07. The second-order valence-electron chi connectivity index (χ2n) is 4.14. The van der Waals surface area contributed by atoms with Crippen molar-refractivity contribution < 1.29 is 0 Å². The summed E-state index contributed by atoms with van der Waals surface area (Å²) >= 11 is 9.12. The number of hydrogen-bond acceptors (Lipinski definition) is 6. The highest BCUT2D eigenvalue weighted by atomic mass is 35.5. The molecule has 0 bridgehead atoms. The summed E-state index contributed by atoms with van der Waals surface area (Å²) in [6.45, 7) is 0. The predicted molar refractivity (Wildman–Crippen MR) is 85.3 cm³/mol. The van der Waals surface area contributed by atoms with Crippen LogP contribution in [0.3, 0.4) is 0 Å². The van der Waals surface area contributed by atoms with Crippen LogP contribution in [-0.2, 0) is 0 Å². The molecule has 0 amide bonds. The summed E-state index contributed by atoms with van der Waals surface area (Å²) in [5, 5.41) is 6.51. The van der Waals surface area contributed by atoms with Crippen molar-refractivity contribution in [3.8, 4) is 0 Å². The van der Waals surface area contributed by atoms with E-state index in [1.54, 1.807) is 22.7 Å². The molecular formula is C13H7ClN4S2. The average Bonchev–Trinajstić information content (AvgIpc) is 3.05. The second-order valence-corrected chi connectivity index (χ2v) is 6.26. The van der Waals surface area contributed by atoms with Crippen LogP contribution in [0.4, 0.5) is 11.5 Å². The van der Waals surface area contributed by atoms with Crippen molar-refractivity contribution in [2.24, 2.45) is 0 Å². The fraction of sp³-hybridized carbons (Fsp3) is 0. The normalized spacial score (nSPS) is 11.2. The van der Waals surface area contributed by atoms with Crippen molar-refractivity contribution in [2.75, 3.05) is 5.32 Å². The van der Waals surface area contributed by atoms with Crippen LogP contribution in [0.1, 0.15) is 0 Å². The first-order valence-corrected chi connectivity index (χ1v) is 7.94. The zero-order valence-corrected chi connectivity index (χ0v) is 12.4. The molecule has 0 saturated carbocycles. The molecule has 0 radical (unpaired) electrons. The maximum absolute atomic E-state index is 5.96. The van der Waals surface area contributed by atoms with Crippen molar-refractivity contribution in [3.63, 3.8) is 0 Å². The molecule has 0 atom stereocenters. The molecule has 0 unspecified atom stereocenters. The van der Waals surface area contributed by atoms with Gasteiger partial charge in [0.15, 0.2) is 0 Å². The third kappa shape index (κ3) is 2.02. The lowest BCUT2D eigenvalue weighted by Crippen LogP contribution is -1.95. The summed E-state index contributed by atoms with van der Waals surface area (Å²) < 4.78 is 1.14. The van der Waals surface area contributed by atoms with Crippen LogP contribution in [0.5, 0.6) is 0 Å². The van der Waals surface area contributed by atoms with Crippen LogP contribution in [0, 0.1) is 0 Å². The summed E-state index contributed by atoms with van der Waals surface area (Å²) in [5.74, 6) is 0.727. The van der Waals surface area contributed by atoms with E-state index in [2.05, 4.69) is 26.3 Å². The molecular weight excluding hydrogens is 312 g/mol. The van der Waals surface area contributed by atoms with E-state index in [9.17, 15) is 0 Å². The van der Waals surface area contributed by atoms with E-state index >= 15 is 0 Å². The number of nitrogens with one attached hydrogen (secondary N) is 1. The molecule has 4 rings (SSSR count). The van der Waals surface area contributed by atoms with Gasteiger partial charge in [-0.05, 0) is 41.2 Å². The molecule has 7 heteroatoms. The Labute approximate surface area is 127 Å². The Morgan fingerprint density at radius 2 is 2.05 bits per heavy atom. The van der Waals surface area contributed by atoms with Crippen LogP contribution in [-0.4, -0.2) is 15.0 Å². The zero-order chi connectivity index (χ0) is 13.5. The zero-order valence-electron chi connectivity index (χ0n) is 10.0. The Hall–Kier alpha value is -1.76. The highest BCUT2D eigenvalue weighted by Gasteiger charge is 2.08. The molecule has 0 saturated heterocycles. The summed E-state index contributed by atoms with van der Waals surface area (Å²) in [7, 11) is 0. The summed E-state index contributed by atoms with van der Waals surface area (Å²) in [6, 6.07) is 8.02. The monoisotopic (exact) mass is 318 g/mol. The third-order valence-electron chi connectivity index (χ3n) is 2.89. The summed E-state index contributed by atoms with van der Waals surface area (Å²) in [5.41, 5.74) is 3.80. The standard InChI is InChI=1S/C13H7ClN4S2/c14-13-17-11(8-3-4-19-12(8)18-13)16-7-1-2-9-10(5-7)20-6-15-9/h1-6H,(H,16,17,18). The van der Waals surface area contributed by atoms with Gasteiger partial charge in [-0.15, -0.1) is 22.7 Å². The molecule has 4 aromatic rings. The van der Waals surface area contributed by atoms with E-state index in [0.717, 1.165) is 31.9 Å². The molecule has 0 aliphatic heterocycles. The van der Waals surface area contributed by atoms with Gasteiger partial charge in [-0.25, -0.2) is 9.97 Å². The van der Waals surface area contributed by atoms with E-state index in [0.29, 0.717) is 0 Å². The number of thiophene rings is 1. The van der Waals surface area contributed by atoms with Gasteiger partial charge < -0.3 is 5.32 Å². The lowest BCUT2D eigenvalue weighted by molar-refractivity contribution is 1.23. The maximum Gasteiger partial charge on any atom is 0.225 e. The van der Waals surface area contributed by atoms with Crippen LogP contribution in [0.2, 0.25) is 5.28 Å². The molecule has 1 aromatic carbocycles. The number of halogens is 1. The van der Waals surface area contributed by atoms with Gasteiger partial charge in [0.05, 0.1) is 21.1 Å². The number of hydrogen-bond donors (Lipinski definition) is 1. The van der Waals surface area contributed by atoms with E-state index in [-0.39, 0.29) is 5.28 Å². The molecule has 0 aliphatic rings. The number of nitrogens with zero attached hydrogens (tertiary/aromatic N) is 3. The molecule has 3 aromatic heterocycles. The van der Waals surface area contributed by atoms with Crippen molar-refractivity contribution in [1.82, 2.24) is 15.0 Å². The van der Waals surface area contributed by atoms with E-state index in [1.807, 2.05) is 29.1 Å². The summed E-state index contributed by atoms with van der Waals surface area (Å²) in [4.78, 5) is 13.6. The molecule has 0 fully saturated rings. The molecule has 0 aliphatic carbocycles. The van der Waals surface area contributed by atoms with Gasteiger partial charge in [0.2, 0.25) is 5.28 Å². The Kier molecular flexibility index (Phi) is 2.80. The van der Waals surface area contributed by atoms with Crippen molar-refractivity contribution >= 4 is 66.2 Å². The number of benzene rings is 1. The number of thiazole rings is 1. The first-order valence-electron chi connectivity index (χ1n) is 5.80. The lowest BCUT2D eigenvalue weighted by atomic mass is 10.3. The van der Waals surface area contributed by atoms with E-state index in [1.165, 1.54) is 0 Å². The second kappa shape index (κ2) is 4.66. The van der Waals surface area contributed by atoms with Crippen LogP contribution < -0.4 is 5.32 Å². The van der Waals surface area contributed by atoms with Gasteiger partial charge >= 0.3 is 0 Å². The molecule has 1 N–H and O–H groups in total. The highest BCUT2D eigenvalue weighted by molar-refractivity contribution is 7.17. The Morgan fingerprint density at radius 3 is 3.00 bits per heavy atom. The minimum absolute atomic E-state index is 0.251. The van der Waals surface area contributed by atoms with Crippen LogP contribution in [0.25, 0.3) is 20.4 Å². The Balaban J connectivity index is 1.81. The fourth-order valence-electron chi connectivity index (χ4n) is 1.99. The van der Waals surface area contributed by atoms with Gasteiger partial charge in [-0.2, -0.15) is 4.98 Å². The SMILES string of the molecule is Clc1nc(Nc2ccc3ncsc3c2)c2ccsc2n1. The summed E-state index contributed by atoms with van der Waals surface area (Å²) in [6.07, 6.45) is 0. The Bertz CT molecular complexity index is 915. The molecule has 98 valence electrons. The van der Waals surface area contributed by atoms with Gasteiger partial charge in [0.25, 0.3) is 0 Å². The number of anilines is 2. The molecule has 4 nitrogen and oxygen atoms in total. The molecule has 3 heterocycles. The third-order valence-corrected chi connectivity index (χ3v) is 4.66. The first kappa shape index (κ1) is 12.0.